The Morgan fingerprint density at radius 1 is 1.21 bits per heavy atom. The summed E-state index contributed by atoms with van der Waals surface area (Å²) in [6, 6.07) is 8.23. The number of benzene rings is 1. The quantitative estimate of drug-likeness (QED) is 0.349. The number of nitrogens with one attached hydrogen (secondary N) is 2. The molecule has 0 saturated heterocycles. The molecule has 2 N–H and O–H groups in total. The third-order valence-electron chi connectivity index (χ3n) is 5.39. The van der Waals surface area contributed by atoms with Crippen LogP contribution in [0.15, 0.2) is 24.3 Å². The Balaban J connectivity index is 1.84. The number of aryl methyl sites for hydroxylation is 1. The SMILES string of the molecule is CCC(C)c1ccccc1NC(=S)Nc1sc2c(c1C(=O)OC)CCCCC2. The normalized spacial score (nSPS) is 14.5. The molecule has 0 radical (unpaired) electrons. The molecule has 4 nitrogen and oxygen atoms in total. The highest BCUT2D eigenvalue weighted by Gasteiger charge is 2.25. The molecule has 0 aliphatic heterocycles. The number of hydrogen-bond donors (Lipinski definition) is 2. The highest BCUT2D eigenvalue weighted by atomic mass is 32.1. The van der Waals surface area contributed by atoms with Gasteiger partial charge >= 0.3 is 5.97 Å². The lowest BCUT2D eigenvalue weighted by Crippen LogP contribution is -2.21. The summed E-state index contributed by atoms with van der Waals surface area (Å²) in [7, 11) is 1.44. The van der Waals surface area contributed by atoms with Gasteiger partial charge in [0.2, 0.25) is 0 Å². The summed E-state index contributed by atoms with van der Waals surface area (Å²) in [6.07, 6.45) is 6.48. The van der Waals surface area contributed by atoms with Gasteiger partial charge in [0.25, 0.3) is 0 Å². The molecule has 1 unspecified atom stereocenters. The maximum absolute atomic E-state index is 12.5. The number of esters is 1. The molecule has 0 fully saturated rings. The molecule has 3 rings (SSSR count). The van der Waals surface area contributed by atoms with Crippen molar-refractivity contribution in [2.45, 2.75) is 58.3 Å². The second-order valence-electron chi connectivity index (χ2n) is 7.24. The smallest absolute Gasteiger partial charge is 0.341 e. The number of ether oxygens (including phenoxy) is 1. The molecule has 1 aliphatic rings. The van der Waals surface area contributed by atoms with Gasteiger partial charge < -0.3 is 15.4 Å². The third kappa shape index (κ3) is 4.55. The van der Waals surface area contributed by atoms with Crippen molar-refractivity contribution in [3.8, 4) is 0 Å². The predicted molar refractivity (Wildman–Crippen MR) is 122 cm³/mol. The summed E-state index contributed by atoms with van der Waals surface area (Å²) in [5.74, 6) is 0.152. The number of thiocarbonyl (C=S) groups is 1. The van der Waals surface area contributed by atoms with Gasteiger partial charge in [-0.15, -0.1) is 11.3 Å². The zero-order chi connectivity index (χ0) is 20.1. The summed E-state index contributed by atoms with van der Waals surface area (Å²) in [6.45, 7) is 4.39. The molecule has 1 aromatic carbocycles. The summed E-state index contributed by atoms with van der Waals surface area (Å²) < 4.78 is 5.07. The van der Waals surface area contributed by atoms with Crippen LogP contribution in [0, 0.1) is 0 Å². The Morgan fingerprint density at radius 3 is 2.71 bits per heavy atom. The van der Waals surface area contributed by atoms with Crippen LogP contribution in [-0.2, 0) is 17.6 Å². The summed E-state index contributed by atoms with van der Waals surface area (Å²) in [5.41, 5.74) is 4.04. The van der Waals surface area contributed by atoms with Gasteiger partial charge in [0.05, 0.1) is 12.7 Å². The number of rotatable bonds is 5. The number of carbonyl (C=O) groups excluding carboxylic acids is 1. The zero-order valence-electron chi connectivity index (χ0n) is 16.8. The van der Waals surface area contributed by atoms with E-state index in [1.54, 1.807) is 11.3 Å². The van der Waals surface area contributed by atoms with Crippen LogP contribution >= 0.6 is 23.6 Å². The van der Waals surface area contributed by atoms with E-state index in [2.05, 4.69) is 36.6 Å². The largest absolute Gasteiger partial charge is 0.465 e. The first-order valence-corrected chi connectivity index (χ1v) is 11.2. The average molecular weight is 417 g/mol. The molecule has 1 heterocycles. The van der Waals surface area contributed by atoms with Crippen molar-refractivity contribution >= 4 is 45.3 Å². The van der Waals surface area contributed by atoms with Crippen molar-refractivity contribution in [1.82, 2.24) is 0 Å². The van der Waals surface area contributed by atoms with E-state index in [1.165, 1.54) is 30.4 Å². The second kappa shape index (κ2) is 9.52. The van der Waals surface area contributed by atoms with E-state index in [0.717, 1.165) is 41.9 Å². The number of para-hydroxylation sites is 1. The van der Waals surface area contributed by atoms with Crippen LogP contribution in [0.1, 0.15) is 71.8 Å². The molecule has 28 heavy (non-hydrogen) atoms. The van der Waals surface area contributed by atoms with Crippen molar-refractivity contribution in [2.75, 3.05) is 17.7 Å². The minimum Gasteiger partial charge on any atom is -0.465 e. The van der Waals surface area contributed by atoms with Crippen LogP contribution in [0.4, 0.5) is 10.7 Å². The van der Waals surface area contributed by atoms with Gasteiger partial charge in [0, 0.05) is 10.6 Å². The molecule has 1 aromatic heterocycles. The molecule has 0 saturated carbocycles. The first-order chi connectivity index (χ1) is 13.5. The molecule has 1 aliphatic carbocycles. The first kappa shape index (κ1) is 20.8. The first-order valence-electron chi connectivity index (χ1n) is 9.94. The van der Waals surface area contributed by atoms with E-state index in [0.29, 0.717) is 16.6 Å². The van der Waals surface area contributed by atoms with Crippen molar-refractivity contribution in [3.05, 3.63) is 45.8 Å². The van der Waals surface area contributed by atoms with Crippen LogP contribution in [0.25, 0.3) is 0 Å². The molecule has 0 amide bonds. The summed E-state index contributed by atoms with van der Waals surface area (Å²) in [4.78, 5) is 13.8. The van der Waals surface area contributed by atoms with Gasteiger partial charge in [-0.3, -0.25) is 0 Å². The Kier molecular flexibility index (Phi) is 7.08. The molecule has 6 heteroatoms. The standard InChI is InChI=1S/C22H28N2O2S2/c1-4-14(2)15-10-8-9-12-17(15)23-22(27)24-20-19(21(25)26-3)16-11-6-5-7-13-18(16)28-20/h8-10,12,14H,4-7,11,13H2,1-3H3,(H2,23,24,27). The monoisotopic (exact) mass is 416 g/mol. The van der Waals surface area contributed by atoms with Crippen molar-refractivity contribution in [2.24, 2.45) is 0 Å². The number of hydrogen-bond acceptors (Lipinski definition) is 4. The Hall–Kier alpha value is -1.92. The van der Waals surface area contributed by atoms with Gasteiger partial charge in [-0.25, -0.2) is 4.79 Å². The lowest BCUT2D eigenvalue weighted by Gasteiger charge is -2.17. The van der Waals surface area contributed by atoms with Crippen LogP contribution < -0.4 is 10.6 Å². The molecule has 2 aromatic rings. The molecule has 150 valence electrons. The molecule has 0 bridgehead atoms. The van der Waals surface area contributed by atoms with Gasteiger partial charge in [0.15, 0.2) is 5.11 Å². The highest BCUT2D eigenvalue weighted by Crippen LogP contribution is 2.38. The average Bonchev–Trinajstić information content (AvgIpc) is 2.87. The Labute approximate surface area is 176 Å². The van der Waals surface area contributed by atoms with Crippen LogP contribution in [0.3, 0.4) is 0 Å². The fourth-order valence-electron chi connectivity index (χ4n) is 3.67. The molecule has 0 spiro atoms. The molecular formula is C22H28N2O2S2. The minimum absolute atomic E-state index is 0.287. The number of carbonyl (C=O) groups is 1. The topological polar surface area (TPSA) is 50.4 Å². The lowest BCUT2D eigenvalue weighted by molar-refractivity contribution is 0.0601. The maximum Gasteiger partial charge on any atom is 0.341 e. The van der Waals surface area contributed by atoms with E-state index in [-0.39, 0.29) is 5.97 Å². The molecule has 1 atom stereocenters. The van der Waals surface area contributed by atoms with Crippen molar-refractivity contribution in [1.29, 1.82) is 0 Å². The van der Waals surface area contributed by atoms with Crippen LogP contribution in [-0.4, -0.2) is 18.2 Å². The van der Waals surface area contributed by atoms with Gasteiger partial charge in [-0.1, -0.05) is 38.5 Å². The number of anilines is 2. The zero-order valence-corrected chi connectivity index (χ0v) is 18.4. The van der Waals surface area contributed by atoms with E-state index in [4.69, 9.17) is 17.0 Å². The lowest BCUT2D eigenvalue weighted by atomic mass is 9.97. The Morgan fingerprint density at radius 2 is 1.96 bits per heavy atom. The third-order valence-corrected chi connectivity index (χ3v) is 6.80. The fraction of sp³-hybridized carbons (Fsp3) is 0.455. The van der Waals surface area contributed by atoms with E-state index >= 15 is 0 Å². The maximum atomic E-state index is 12.5. The van der Waals surface area contributed by atoms with Gasteiger partial charge in [-0.2, -0.15) is 0 Å². The highest BCUT2D eigenvalue weighted by molar-refractivity contribution is 7.80. The van der Waals surface area contributed by atoms with E-state index in [9.17, 15) is 4.79 Å². The van der Waals surface area contributed by atoms with Crippen molar-refractivity contribution in [3.63, 3.8) is 0 Å². The fourth-order valence-corrected chi connectivity index (χ4v) is 5.22. The van der Waals surface area contributed by atoms with Gasteiger partial charge in [0.1, 0.15) is 5.00 Å². The minimum atomic E-state index is -0.287. The van der Waals surface area contributed by atoms with E-state index < -0.39 is 0 Å². The van der Waals surface area contributed by atoms with Crippen molar-refractivity contribution < 1.29 is 9.53 Å². The van der Waals surface area contributed by atoms with Crippen LogP contribution in [0.2, 0.25) is 0 Å². The van der Waals surface area contributed by atoms with Gasteiger partial charge in [-0.05, 0) is 67.4 Å². The van der Waals surface area contributed by atoms with Crippen LogP contribution in [0.5, 0.6) is 0 Å². The summed E-state index contributed by atoms with van der Waals surface area (Å²) >= 11 is 7.22. The van der Waals surface area contributed by atoms with E-state index in [1.807, 2.05) is 12.1 Å². The Bertz CT molecular complexity index is 860. The number of thiophene rings is 1. The molecular weight excluding hydrogens is 388 g/mol. The second-order valence-corrected chi connectivity index (χ2v) is 8.75. The number of methoxy groups -OCH3 is 1. The number of fused-ring (bicyclic) bond motifs is 1. The summed E-state index contributed by atoms with van der Waals surface area (Å²) in [5, 5.41) is 7.89. The predicted octanol–water partition coefficient (Wildman–Crippen LogP) is 6.13.